The van der Waals surface area contributed by atoms with Gasteiger partial charge in [0.1, 0.15) is 5.82 Å². The van der Waals surface area contributed by atoms with E-state index in [-0.39, 0.29) is 11.5 Å². The highest BCUT2D eigenvalue weighted by Gasteiger charge is 2.17. The molecule has 0 saturated carbocycles. The van der Waals surface area contributed by atoms with E-state index in [1.54, 1.807) is 19.2 Å². The van der Waals surface area contributed by atoms with Gasteiger partial charge in [0.2, 0.25) is 0 Å². The molecule has 0 atom stereocenters. The number of hydrogen-bond donors (Lipinski definition) is 0. The van der Waals surface area contributed by atoms with Crippen molar-refractivity contribution in [3.63, 3.8) is 0 Å². The average Bonchev–Trinajstić information content (AvgIpc) is 2.41. The lowest BCUT2D eigenvalue weighted by molar-refractivity contribution is 0.0989. The third-order valence-electron chi connectivity index (χ3n) is 3.08. The fourth-order valence-electron chi connectivity index (χ4n) is 1.87. The number of nitrogens with zero attached hydrogens (tertiary/aromatic N) is 1. The smallest absolute Gasteiger partial charge is 0.260 e. The molecule has 0 fully saturated rings. The molecule has 0 bridgehead atoms. The molecular formula is C16H16FNO. The zero-order valence-corrected chi connectivity index (χ0v) is 11.3. The van der Waals surface area contributed by atoms with Gasteiger partial charge in [0.15, 0.2) is 0 Å². The molecule has 2 aromatic rings. The van der Waals surface area contributed by atoms with Gasteiger partial charge in [0.25, 0.3) is 5.91 Å². The van der Waals surface area contributed by atoms with Gasteiger partial charge in [-0.25, -0.2) is 4.39 Å². The molecule has 0 heterocycles. The summed E-state index contributed by atoms with van der Waals surface area (Å²) in [6.45, 7) is 3.81. The average molecular weight is 257 g/mol. The minimum absolute atomic E-state index is 0.100. The second-order valence-electron chi connectivity index (χ2n) is 4.68. The number of halogens is 1. The largest absolute Gasteiger partial charge is 0.311 e. The lowest BCUT2D eigenvalue weighted by Crippen LogP contribution is -2.27. The van der Waals surface area contributed by atoms with Crippen molar-refractivity contribution in [1.29, 1.82) is 0 Å². The summed E-state index contributed by atoms with van der Waals surface area (Å²) >= 11 is 0. The summed E-state index contributed by atoms with van der Waals surface area (Å²) in [5.74, 6) is -0.834. The van der Waals surface area contributed by atoms with Crippen LogP contribution in [0.1, 0.15) is 21.5 Å². The van der Waals surface area contributed by atoms with Crippen LogP contribution in [0.15, 0.2) is 42.5 Å². The molecule has 2 rings (SSSR count). The van der Waals surface area contributed by atoms with E-state index in [1.807, 2.05) is 38.1 Å². The maximum Gasteiger partial charge on any atom is 0.260 e. The molecule has 3 heteroatoms. The topological polar surface area (TPSA) is 20.3 Å². The highest BCUT2D eigenvalue weighted by molar-refractivity contribution is 6.06. The fraction of sp³-hybridized carbons (Fsp3) is 0.188. The SMILES string of the molecule is Cc1ccc(N(C)C(=O)c2cc(C)ccc2F)cc1. The molecule has 0 spiro atoms. The summed E-state index contributed by atoms with van der Waals surface area (Å²) in [6, 6.07) is 12.1. The van der Waals surface area contributed by atoms with Crippen LogP contribution in [0.3, 0.4) is 0 Å². The number of rotatable bonds is 2. The van der Waals surface area contributed by atoms with Crippen LogP contribution in [0.2, 0.25) is 0 Å². The monoisotopic (exact) mass is 257 g/mol. The highest BCUT2D eigenvalue weighted by atomic mass is 19.1. The maximum atomic E-state index is 13.7. The lowest BCUT2D eigenvalue weighted by Gasteiger charge is -2.18. The molecule has 0 aromatic heterocycles. The van der Waals surface area contributed by atoms with Gasteiger partial charge in [0, 0.05) is 12.7 Å². The number of aryl methyl sites for hydroxylation is 2. The van der Waals surface area contributed by atoms with Crippen molar-refractivity contribution in [1.82, 2.24) is 0 Å². The van der Waals surface area contributed by atoms with Gasteiger partial charge in [-0.15, -0.1) is 0 Å². The molecule has 0 aliphatic rings. The van der Waals surface area contributed by atoms with Gasteiger partial charge in [-0.3, -0.25) is 4.79 Å². The van der Waals surface area contributed by atoms with Gasteiger partial charge in [-0.05, 0) is 38.1 Å². The minimum Gasteiger partial charge on any atom is -0.311 e. The van der Waals surface area contributed by atoms with E-state index >= 15 is 0 Å². The third-order valence-corrected chi connectivity index (χ3v) is 3.08. The molecule has 0 N–H and O–H groups in total. The van der Waals surface area contributed by atoms with E-state index in [9.17, 15) is 9.18 Å². The second kappa shape index (κ2) is 5.22. The number of carbonyl (C=O) groups is 1. The standard InChI is InChI=1S/C16H16FNO/c1-11-4-7-13(8-5-11)18(3)16(19)14-10-12(2)6-9-15(14)17/h4-10H,1-3H3. The highest BCUT2D eigenvalue weighted by Crippen LogP contribution is 2.18. The van der Waals surface area contributed by atoms with E-state index in [4.69, 9.17) is 0 Å². The Morgan fingerprint density at radius 3 is 2.21 bits per heavy atom. The molecule has 0 aliphatic heterocycles. The van der Waals surface area contributed by atoms with Crippen LogP contribution < -0.4 is 4.90 Å². The summed E-state index contributed by atoms with van der Waals surface area (Å²) in [6.07, 6.45) is 0. The minimum atomic E-state index is -0.491. The number of amides is 1. The molecule has 2 nitrogen and oxygen atoms in total. The molecular weight excluding hydrogens is 241 g/mol. The Balaban J connectivity index is 2.33. The van der Waals surface area contributed by atoms with E-state index < -0.39 is 5.82 Å². The molecule has 19 heavy (non-hydrogen) atoms. The van der Waals surface area contributed by atoms with Crippen molar-refractivity contribution in [2.75, 3.05) is 11.9 Å². The van der Waals surface area contributed by atoms with Gasteiger partial charge < -0.3 is 4.90 Å². The predicted octanol–water partition coefficient (Wildman–Crippen LogP) is 3.72. The molecule has 0 radical (unpaired) electrons. The first-order valence-corrected chi connectivity index (χ1v) is 6.10. The first kappa shape index (κ1) is 13.3. The summed E-state index contributed by atoms with van der Waals surface area (Å²) in [7, 11) is 1.65. The summed E-state index contributed by atoms with van der Waals surface area (Å²) in [5.41, 5.74) is 2.83. The molecule has 0 saturated heterocycles. The van der Waals surface area contributed by atoms with Gasteiger partial charge in [0.05, 0.1) is 5.56 Å². The Hall–Kier alpha value is -2.16. The van der Waals surface area contributed by atoms with Gasteiger partial charge >= 0.3 is 0 Å². The number of hydrogen-bond acceptors (Lipinski definition) is 1. The van der Waals surface area contributed by atoms with E-state index in [2.05, 4.69) is 0 Å². The summed E-state index contributed by atoms with van der Waals surface area (Å²) in [4.78, 5) is 13.7. The normalized spacial score (nSPS) is 10.3. The van der Waals surface area contributed by atoms with Crippen molar-refractivity contribution < 1.29 is 9.18 Å². The van der Waals surface area contributed by atoms with Crippen molar-refractivity contribution in [3.8, 4) is 0 Å². The summed E-state index contributed by atoms with van der Waals surface area (Å²) in [5, 5.41) is 0. The van der Waals surface area contributed by atoms with Crippen LogP contribution in [0.25, 0.3) is 0 Å². The van der Waals surface area contributed by atoms with Gasteiger partial charge in [-0.2, -0.15) is 0 Å². The Kier molecular flexibility index (Phi) is 3.65. The number of anilines is 1. The number of carbonyl (C=O) groups excluding carboxylic acids is 1. The van der Waals surface area contributed by atoms with Crippen molar-refractivity contribution >= 4 is 11.6 Å². The predicted molar refractivity (Wildman–Crippen MR) is 75.0 cm³/mol. The Bertz CT molecular complexity index is 605. The van der Waals surface area contributed by atoms with Crippen LogP contribution in [0.5, 0.6) is 0 Å². The van der Waals surface area contributed by atoms with Crippen LogP contribution in [-0.4, -0.2) is 13.0 Å². The third kappa shape index (κ3) is 2.81. The van der Waals surface area contributed by atoms with Crippen LogP contribution in [0.4, 0.5) is 10.1 Å². The van der Waals surface area contributed by atoms with E-state index in [1.165, 1.54) is 11.0 Å². The molecule has 0 unspecified atom stereocenters. The first-order valence-electron chi connectivity index (χ1n) is 6.10. The number of benzene rings is 2. The first-order chi connectivity index (χ1) is 8.99. The van der Waals surface area contributed by atoms with Crippen molar-refractivity contribution in [2.24, 2.45) is 0 Å². The van der Waals surface area contributed by atoms with Crippen molar-refractivity contribution in [3.05, 3.63) is 65.0 Å². The van der Waals surface area contributed by atoms with Gasteiger partial charge in [-0.1, -0.05) is 29.3 Å². The molecule has 98 valence electrons. The molecule has 2 aromatic carbocycles. The fourth-order valence-corrected chi connectivity index (χ4v) is 1.87. The summed E-state index contributed by atoms with van der Waals surface area (Å²) < 4.78 is 13.7. The molecule has 1 amide bonds. The Morgan fingerprint density at radius 2 is 1.58 bits per heavy atom. The zero-order valence-electron chi connectivity index (χ0n) is 11.3. The van der Waals surface area contributed by atoms with Crippen LogP contribution >= 0.6 is 0 Å². The molecule has 0 aliphatic carbocycles. The van der Waals surface area contributed by atoms with Crippen LogP contribution in [0, 0.1) is 19.7 Å². The van der Waals surface area contributed by atoms with Crippen molar-refractivity contribution in [2.45, 2.75) is 13.8 Å². The van der Waals surface area contributed by atoms with Crippen LogP contribution in [-0.2, 0) is 0 Å². The quantitative estimate of drug-likeness (QED) is 0.803. The van der Waals surface area contributed by atoms with E-state index in [0.717, 1.165) is 16.8 Å². The Labute approximate surface area is 112 Å². The zero-order chi connectivity index (χ0) is 14.0. The lowest BCUT2D eigenvalue weighted by atomic mass is 10.1. The van der Waals surface area contributed by atoms with E-state index in [0.29, 0.717) is 0 Å². The second-order valence-corrected chi connectivity index (χ2v) is 4.68. The Morgan fingerprint density at radius 1 is 1.00 bits per heavy atom. The maximum absolute atomic E-state index is 13.7.